The summed E-state index contributed by atoms with van der Waals surface area (Å²) >= 11 is 0. The van der Waals surface area contributed by atoms with E-state index in [2.05, 4.69) is 205 Å². The lowest BCUT2D eigenvalue weighted by atomic mass is 9.91. The predicted octanol–water partition coefficient (Wildman–Crippen LogP) is 14.0. The Bertz CT molecular complexity index is 2230. The molecule has 1 heteroatoms. The van der Waals surface area contributed by atoms with Crippen LogP contribution in [-0.4, -0.2) is 12.6 Å². The fourth-order valence-corrected chi connectivity index (χ4v) is 7.59. The lowest BCUT2D eigenvalue weighted by Crippen LogP contribution is -2.29. The van der Waals surface area contributed by atoms with E-state index in [1.807, 2.05) is 12.2 Å². The van der Waals surface area contributed by atoms with Crippen molar-refractivity contribution in [2.45, 2.75) is 52.5 Å². The van der Waals surface area contributed by atoms with Crippen LogP contribution in [0.4, 0.5) is 0 Å². The molecule has 2 atom stereocenters. The lowest BCUT2D eigenvalue weighted by molar-refractivity contribution is 0.683. The molecule has 0 fully saturated rings. The number of nitrogens with one attached hydrogen (secondary N) is 1. The van der Waals surface area contributed by atoms with Gasteiger partial charge < -0.3 is 5.32 Å². The van der Waals surface area contributed by atoms with Gasteiger partial charge in [-0.3, -0.25) is 0 Å². The summed E-state index contributed by atoms with van der Waals surface area (Å²) in [7, 11) is 0. The van der Waals surface area contributed by atoms with Crippen molar-refractivity contribution in [2.75, 3.05) is 6.54 Å². The third-order valence-corrected chi connectivity index (χ3v) is 10.4. The van der Waals surface area contributed by atoms with Gasteiger partial charge in [-0.05, 0) is 112 Å². The van der Waals surface area contributed by atoms with E-state index in [1.54, 1.807) is 0 Å². The molecular formula is C53H55N. The summed E-state index contributed by atoms with van der Waals surface area (Å²) in [5.41, 5.74) is 15.9. The minimum absolute atomic E-state index is 0.302. The highest BCUT2D eigenvalue weighted by atomic mass is 14.9. The average Bonchev–Trinajstić information content (AvgIpc) is 3.86. The maximum atomic E-state index is 4.04. The van der Waals surface area contributed by atoms with E-state index in [0.717, 1.165) is 19.4 Å². The van der Waals surface area contributed by atoms with E-state index in [1.165, 1.54) is 77.6 Å². The Balaban J connectivity index is 0.000000199. The lowest BCUT2D eigenvalue weighted by Gasteiger charge is -2.21. The van der Waals surface area contributed by atoms with Gasteiger partial charge in [0.15, 0.2) is 0 Å². The molecule has 54 heavy (non-hydrogen) atoms. The fraction of sp³-hybridized carbons (Fsp3) is 0.170. The maximum Gasteiger partial charge on any atom is 0.0512 e. The van der Waals surface area contributed by atoms with Gasteiger partial charge in [0.05, 0.1) is 6.04 Å². The van der Waals surface area contributed by atoms with Crippen molar-refractivity contribution in [3.63, 3.8) is 0 Å². The van der Waals surface area contributed by atoms with Crippen molar-refractivity contribution >= 4 is 28.5 Å². The van der Waals surface area contributed by atoms with Gasteiger partial charge in [-0.25, -0.2) is 0 Å². The summed E-state index contributed by atoms with van der Waals surface area (Å²) < 4.78 is 0. The van der Waals surface area contributed by atoms with Gasteiger partial charge in [-0.15, -0.1) is 13.2 Å². The average molecular weight is 706 g/mol. The smallest absolute Gasteiger partial charge is 0.0512 e. The van der Waals surface area contributed by atoms with Gasteiger partial charge in [-0.1, -0.05) is 183 Å². The van der Waals surface area contributed by atoms with Crippen LogP contribution in [0.15, 0.2) is 205 Å². The summed E-state index contributed by atoms with van der Waals surface area (Å²) in [6.07, 6.45) is 26.3. The number of hydrogen-bond acceptors (Lipinski definition) is 1. The molecule has 272 valence electrons. The minimum atomic E-state index is 0.302. The largest absolute Gasteiger partial charge is 0.307 e. The van der Waals surface area contributed by atoms with E-state index in [4.69, 9.17) is 0 Å². The summed E-state index contributed by atoms with van der Waals surface area (Å²) in [5.74, 6) is 0.340. The highest BCUT2D eigenvalue weighted by Crippen LogP contribution is 2.37. The first kappa shape index (κ1) is 39.4. The zero-order chi connectivity index (χ0) is 38.5. The van der Waals surface area contributed by atoms with E-state index >= 15 is 0 Å². The van der Waals surface area contributed by atoms with Crippen molar-refractivity contribution in [1.29, 1.82) is 0 Å². The van der Waals surface area contributed by atoms with Crippen molar-refractivity contribution in [2.24, 2.45) is 0 Å². The van der Waals surface area contributed by atoms with Crippen LogP contribution in [0.3, 0.4) is 0 Å². The third-order valence-electron chi connectivity index (χ3n) is 10.4. The fourth-order valence-electron chi connectivity index (χ4n) is 7.59. The molecule has 0 heterocycles. The van der Waals surface area contributed by atoms with Crippen LogP contribution in [0, 0.1) is 6.92 Å². The molecule has 1 nitrogen and oxygen atoms in total. The molecule has 0 saturated carbocycles. The summed E-state index contributed by atoms with van der Waals surface area (Å²) in [5, 5.41) is 6.21. The Morgan fingerprint density at radius 2 is 1.46 bits per heavy atom. The number of likely N-dealkylation sites (N-methyl/N-ethyl adjacent to an activating group) is 1. The van der Waals surface area contributed by atoms with Crippen LogP contribution < -0.4 is 5.32 Å². The number of fused-ring (bicyclic) bond motifs is 1. The summed E-state index contributed by atoms with van der Waals surface area (Å²) in [6.45, 7) is 23.7. The molecule has 1 N–H and O–H groups in total. The number of hydrogen-bond donors (Lipinski definition) is 1. The van der Waals surface area contributed by atoms with Gasteiger partial charge >= 0.3 is 0 Å². The maximum absolute atomic E-state index is 4.04. The summed E-state index contributed by atoms with van der Waals surface area (Å²) in [4.78, 5) is 0. The van der Waals surface area contributed by atoms with E-state index < -0.39 is 0 Å². The molecule has 0 bridgehead atoms. The van der Waals surface area contributed by atoms with Gasteiger partial charge in [-0.2, -0.15) is 0 Å². The molecule has 0 aromatic heterocycles. The van der Waals surface area contributed by atoms with Gasteiger partial charge in [0.2, 0.25) is 0 Å². The van der Waals surface area contributed by atoms with Gasteiger partial charge in [0.25, 0.3) is 0 Å². The Labute approximate surface area is 324 Å². The number of allylic oxidation sites excluding steroid dienone is 13. The molecular weight excluding hydrogens is 651 g/mol. The Morgan fingerprint density at radius 1 is 0.759 bits per heavy atom. The quantitative estimate of drug-likeness (QED) is 0.171. The van der Waals surface area contributed by atoms with E-state index in [9.17, 15) is 0 Å². The zero-order valence-corrected chi connectivity index (χ0v) is 32.6. The van der Waals surface area contributed by atoms with Gasteiger partial charge in [0, 0.05) is 5.92 Å². The van der Waals surface area contributed by atoms with Crippen LogP contribution in [0.1, 0.15) is 67.3 Å². The number of rotatable bonds is 9. The normalized spacial score (nSPS) is 19.2. The van der Waals surface area contributed by atoms with Crippen molar-refractivity contribution < 1.29 is 0 Å². The first-order chi connectivity index (χ1) is 26.4. The van der Waals surface area contributed by atoms with Crippen LogP contribution in [0.2, 0.25) is 0 Å². The second-order valence-corrected chi connectivity index (χ2v) is 13.8. The van der Waals surface area contributed by atoms with Crippen molar-refractivity contribution in [1.82, 2.24) is 5.32 Å². The second-order valence-electron chi connectivity index (χ2n) is 13.8. The van der Waals surface area contributed by atoms with Crippen molar-refractivity contribution in [3.8, 4) is 0 Å². The van der Waals surface area contributed by atoms with Crippen molar-refractivity contribution in [3.05, 3.63) is 233 Å². The van der Waals surface area contributed by atoms with E-state index in [0.29, 0.717) is 12.0 Å². The summed E-state index contributed by atoms with van der Waals surface area (Å²) in [6, 6.07) is 32.5. The topological polar surface area (TPSA) is 12.0 Å². The molecule has 4 aromatic rings. The molecule has 0 aliphatic heterocycles. The third kappa shape index (κ3) is 9.42. The van der Waals surface area contributed by atoms with E-state index in [-0.39, 0.29) is 0 Å². The molecule has 4 aromatic carbocycles. The first-order valence-electron chi connectivity index (χ1n) is 19.1. The monoisotopic (exact) mass is 705 g/mol. The highest BCUT2D eigenvalue weighted by Gasteiger charge is 2.20. The standard InChI is InChI=1S/C26H26.C25H25N.C2H4/c1-5-22-12-8-9-13-24(22)17-21-16-23(6-2)25(18-21)15-20(4)26-14-10-7-11-19(26)3;1-3-26-25-14-7-6-11-22(25)18(2)20-15-16-21(17-20)24-13-8-10-19-9-4-5-12-23(19)24;1-2/h5-15,17H,1-2,16,18H2,3-4H3;4-17,21,25-26H,3H2,1-2H3;1-2H2/b20-15+,21-17-;22-18+;. The Kier molecular flexibility index (Phi) is 14.1. The zero-order valence-electron chi connectivity index (χ0n) is 32.6. The Morgan fingerprint density at radius 3 is 2.22 bits per heavy atom. The van der Waals surface area contributed by atoms with Gasteiger partial charge in [0.1, 0.15) is 0 Å². The SMILES string of the molecule is C=C.C=CC1=C(/C=C(\C)c2ccccc2C)C/C(=C\c2ccccc2C=C)C1.CCNC1C=CC=C/C1=C(/C)C1=CC(c2cccc3ccccc23)C=C1. The molecule has 0 radical (unpaired) electrons. The molecule has 0 amide bonds. The highest BCUT2D eigenvalue weighted by molar-refractivity contribution is 5.87. The van der Waals surface area contributed by atoms with Crippen LogP contribution in [0.25, 0.3) is 28.5 Å². The molecule has 7 rings (SSSR count). The van der Waals surface area contributed by atoms with Crippen LogP contribution in [-0.2, 0) is 0 Å². The molecule has 0 saturated heterocycles. The predicted molar refractivity (Wildman–Crippen MR) is 239 cm³/mol. The number of benzene rings is 4. The molecule has 3 aliphatic carbocycles. The van der Waals surface area contributed by atoms with Crippen LogP contribution in [0.5, 0.6) is 0 Å². The van der Waals surface area contributed by atoms with Crippen LogP contribution >= 0.6 is 0 Å². The second kappa shape index (κ2) is 19.4. The minimum Gasteiger partial charge on any atom is -0.307 e. The molecule has 0 spiro atoms. The molecule has 3 aliphatic rings. The molecule has 2 unspecified atom stereocenters. The first-order valence-corrected chi connectivity index (χ1v) is 19.1. The Hall–Kier alpha value is -5.76. The number of aryl methyl sites for hydroxylation is 1.